The molecular formula is C16H19NO2. The van der Waals surface area contributed by atoms with Crippen molar-refractivity contribution in [1.29, 1.82) is 0 Å². The first-order valence-electron chi connectivity index (χ1n) is 6.19. The summed E-state index contributed by atoms with van der Waals surface area (Å²) in [5.74, 6) is 1.69. The molecule has 0 spiro atoms. The van der Waals surface area contributed by atoms with E-state index in [9.17, 15) is 0 Å². The fraction of sp³-hybridized carbons (Fsp3) is 0.250. The largest absolute Gasteiger partial charge is 0.497 e. The lowest BCUT2D eigenvalue weighted by Gasteiger charge is -2.15. The smallest absolute Gasteiger partial charge is 0.121 e. The number of aryl methyl sites for hydroxylation is 1. The van der Waals surface area contributed by atoms with Gasteiger partial charge in [0.25, 0.3) is 0 Å². The van der Waals surface area contributed by atoms with Gasteiger partial charge in [-0.05, 0) is 41.8 Å². The van der Waals surface area contributed by atoms with Gasteiger partial charge in [-0.1, -0.05) is 24.3 Å². The van der Waals surface area contributed by atoms with Crippen molar-refractivity contribution >= 4 is 0 Å². The second-order valence-electron chi connectivity index (χ2n) is 4.48. The Bertz CT molecular complexity index is 566. The van der Waals surface area contributed by atoms with E-state index in [1.807, 2.05) is 43.3 Å². The lowest BCUT2D eigenvalue weighted by atomic mass is 9.98. The van der Waals surface area contributed by atoms with Crippen LogP contribution in [0, 0.1) is 6.92 Å². The normalized spacial score (nSPS) is 12.0. The molecule has 0 aliphatic carbocycles. The molecule has 0 amide bonds. The van der Waals surface area contributed by atoms with Crippen LogP contribution in [0.3, 0.4) is 0 Å². The van der Waals surface area contributed by atoms with Crippen LogP contribution in [-0.2, 0) is 0 Å². The Kier molecular flexibility index (Phi) is 4.07. The Hall–Kier alpha value is -2.00. The van der Waals surface area contributed by atoms with E-state index in [0.717, 1.165) is 28.2 Å². The van der Waals surface area contributed by atoms with Crippen molar-refractivity contribution in [2.45, 2.75) is 13.0 Å². The first-order valence-corrected chi connectivity index (χ1v) is 6.19. The molecule has 100 valence electrons. The molecule has 0 bridgehead atoms. The highest BCUT2D eigenvalue weighted by atomic mass is 16.5. The van der Waals surface area contributed by atoms with Crippen molar-refractivity contribution in [1.82, 2.24) is 0 Å². The van der Waals surface area contributed by atoms with Gasteiger partial charge in [0.05, 0.1) is 20.3 Å². The van der Waals surface area contributed by atoms with Gasteiger partial charge in [-0.25, -0.2) is 0 Å². The minimum Gasteiger partial charge on any atom is -0.497 e. The summed E-state index contributed by atoms with van der Waals surface area (Å²) in [4.78, 5) is 0. The van der Waals surface area contributed by atoms with Gasteiger partial charge in [0, 0.05) is 0 Å². The molecule has 0 heterocycles. The minimum absolute atomic E-state index is 0.167. The Morgan fingerprint density at radius 2 is 1.68 bits per heavy atom. The first kappa shape index (κ1) is 13.4. The molecule has 2 rings (SSSR count). The average molecular weight is 257 g/mol. The second-order valence-corrected chi connectivity index (χ2v) is 4.48. The Labute approximate surface area is 114 Å². The number of nitrogens with two attached hydrogens (primary N) is 1. The highest BCUT2D eigenvalue weighted by molar-refractivity contribution is 5.42. The zero-order valence-electron chi connectivity index (χ0n) is 11.5. The molecule has 0 aromatic heterocycles. The molecule has 0 saturated heterocycles. The van der Waals surface area contributed by atoms with Gasteiger partial charge < -0.3 is 15.2 Å². The number of hydrogen-bond acceptors (Lipinski definition) is 3. The summed E-state index contributed by atoms with van der Waals surface area (Å²) in [5.41, 5.74) is 9.48. The topological polar surface area (TPSA) is 44.5 Å². The number of hydrogen-bond donors (Lipinski definition) is 1. The van der Waals surface area contributed by atoms with Crippen LogP contribution in [0.15, 0.2) is 42.5 Å². The predicted octanol–water partition coefficient (Wildman–Crippen LogP) is 3.06. The van der Waals surface area contributed by atoms with E-state index in [1.54, 1.807) is 14.2 Å². The maximum Gasteiger partial charge on any atom is 0.121 e. The highest BCUT2D eigenvalue weighted by Crippen LogP contribution is 2.26. The summed E-state index contributed by atoms with van der Waals surface area (Å²) in [6.45, 7) is 2.01. The quantitative estimate of drug-likeness (QED) is 0.915. The molecule has 1 atom stereocenters. The van der Waals surface area contributed by atoms with Crippen LogP contribution in [0.25, 0.3) is 0 Å². The van der Waals surface area contributed by atoms with Crippen LogP contribution in [0.4, 0.5) is 0 Å². The van der Waals surface area contributed by atoms with E-state index < -0.39 is 0 Å². The summed E-state index contributed by atoms with van der Waals surface area (Å²) in [6.07, 6.45) is 0. The molecule has 1 unspecified atom stereocenters. The van der Waals surface area contributed by atoms with E-state index in [1.165, 1.54) is 0 Å². The van der Waals surface area contributed by atoms with Crippen molar-refractivity contribution in [3.63, 3.8) is 0 Å². The predicted molar refractivity (Wildman–Crippen MR) is 76.8 cm³/mol. The number of rotatable bonds is 4. The number of benzene rings is 2. The average Bonchev–Trinajstić information content (AvgIpc) is 2.46. The molecule has 2 aromatic rings. The molecule has 0 aliphatic rings. The molecular weight excluding hydrogens is 238 g/mol. The Morgan fingerprint density at radius 3 is 2.32 bits per heavy atom. The summed E-state index contributed by atoms with van der Waals surface area (Å²) >= 11 is 0. The van der Waals surface area contributed by atoms with Gasteiger partial charge in [-0.15, -0.1) is 0 Å². The van der Waals surface area contributed by atoms with Crippen LogP contribution in [-0.4, -0.2) is 14.2 Å². The molecule has 3 heteroatoms. The van der Waals surface area contributed by atoms with Crippen LogP contribution >= 0.6 is 0 Å². The third-order valence-corrected chi connectivity index (χ3v) is 3.23. The maximum absolute atomic E-state index is 6.30. The van der Waals surface area contributed by atoms with Crippen LogP contribution in [0.1, 0.15) is 22.7 Å². The standard InChI is InChI=1S/C16H19NO2/c1-11-9-13(7-8-15(11)19-3)16(17)12-5-4-6-14(10-12)18-2/h4-10,16H,17H2,1-3H3. The molecule has 2 aromatic carbocycles. The van der Waals surface area contributed by atoms with Gasteiger partial charge in [0.1, 0.15) is 11.5 Å². The van der Waals surface area contributed by atoms with Crippen LogP contribution in [0.5, 0.6) is 11.5 Å². The fourth-order valence-corrected chi connectivity index (χ4v) is 2.12. The van der Waals surface area contributed by atoms with Crippen molar-refractivity contribution in [2.75, 3.05) is 14.2 Å². The van der Waals surface area contributed by atoms with E-state index in [-0.39, 0.29) is 6.04 Å². The van der Waals surface area contributed by atoms with Gasteiger partial charge in [-0.2, -0.15) is 0 Å². The van der Waals surface area contributed by atoms with Crippen molar-refractivity contribution < 1.29 is 9.47 Å². The SMILES string of the molecule is COc1cccc(C(N)c2ccc(OC)c(C)c2)c1. The third-order valence-electron chi connectivity index (χ3n) is 3.23. The van der Waals surface area contributed by atoms with E-state index in [4.69, 9.17) is 15.2 Å². The fourth-order valence-electron chi connectivity index (χ4n) is 2.12. The van der Waals surface area contributed by atoms with E-state index >= 15 is 0 Å². The Balaban J connectivity index is 2.32. The van der Waals surface area contributed by atoms with Crippen molar-refractivity contribution in [3.8, 4) is 11.5 Å². The van der Waals surface area contributed by atoms with Gasteiger partial charge in [0.2, 0.25) is 0 Å². The molecule has 3 nitrogen and oxygen atoms in total. The molecule has 0 aliphatic heterocycles. The van der Waals surface area contributed by atoms with Gasteiger partial charge in [0.15, 0.2) is 0 Å². The zero-order valence-corrected chi connectivity index (χ0v) is 11.5. The summed E-state index contributed by atoms with van der Waals surface area (Å²) < 4.78 is 10.5. The second kappa shape index (κ2) is 5.76. The highest BCUT2D eigenvalue weighted by Gasteiger charge is 2.11. The summed E-state index contributed by atoms with van der Waals surface area (Å²) in [5, 5.41) is 0. The third kappa shape index (κ3) is 2.88. The molecule has 19 heavy (non-hydrogen) atoms. The number of ether oxygens (including phenoxy) is 2. The molecule has 0 saturated carbocycles. The minimum atomic E-state index is -0.167. The molecule has 0 fully saturated rings. The van der Waals surface area contributed by atoms with E-state index in [0.29, 0.717) is 0 Å². The molecule has 0 radical (unpaired) electrons. The first-order chi connectivity index (χ1) is 9.15. The Morgan fingerprint density at radius 1 is 0.947 bits per heavy atom. The molecule has 2 N–H and O–H groups in total. The monoisotopic (exact) mass is 257 g/mol. The maximum atomic E-state index is 6.30. The van der Waals surface area contributed by atoms with Crippen molar-refractivity contribution in [3.05, 3.63) is 59.2 Å². The number of methoxy groups -OCH3 is 2. The zero-order chi connectivity index (χ0) is 13.8. The van der Waals surface area contributed by atoms with Crippen LogP contribution in [0.2, 0.25) is 0 Å². The lowest BCUT2D eigenvalue weighted by Crippen LogP contribution is -2.12. The van der Waals surface area contributed by atoms with Gasteiger partial charge >= 0.3 is 0 Å². The van der Waals surface area contributed by atoms with Crippen molar-refractivity contribution in [2.24, 2.45) is 5.73 Å². The van der Waals surface area contributed by atoms with Gasteiger partial charge in [-0.3, -0.25) is 0 Å². The van der Waals surface area contributed by atoms with Crippen LogP contribution < -0.4 is 15.2 Å². The summed E-state index contributed by atoms with van der Waals surface area (Å²) in [7, 11) is 3.33. The lowest BCUT2D eigenvalue weighted by molar-refractivity contribution is 0.411. The summed E-state index contributed by atoms with van der Waals surface area (Å²) in [6, 6.07) is 13.7. The van der Waals surface area contributed by atoms with E-state index in [2.05, 4.69) is 6.07 Å².